The van der Waals surface area contributed by atoms with Gasteiger partial charge in [0, 0.05) is 36.5 Å². The quantitative estimate of drug-likeness (QED) is 0.728. The van der Waals surface area contributed by atoms with Gasteiger partial charge in [-0.1, -0.05) is 41.9 Å². The lowest BCUT2D eigenvalue weighted by Crippen LogP contribution is -2.38. The zero-order chi connectivity index (χ0) is 17.6. The Morgan fingerprint density at radius 2 is 1.56 bits per heavy atom. The van der Waals surface area contributed by atoms with Crippen molar-refractivity contribution >= 4 is 23.3 Å². The fourth-order valence-electron chi connectivity index (χ4n) is 3.35. The van der Waals surface area contributed by atoms with Crippen LogP contribution in [0.5, 0.6) is 0 Å². The maximum atomic E-state index is 12.4. The van der Waals surface area contributed by atoms with E-state index in [0.29, 0.717) is 16.5 Å². The van der Waals surface area contributed by atoms with E-state index in [1.54, 1.807) is 24.3 Å². The summed E-state index contributed by atoms with van der Waals surface area (Å²) < 4.78 is 0. The number of amides is 1. The second kappa shape index (κ2) is 8.30. The van der Waals surface area contributed by atoms with Crippen molar-refractivity contribution in [3.63, 3.8) is 0 Å². The SMILES string of the molecule is O=C(CCC(=O)N1CCC(c2ccccc2)CC1)c1ccc(Cl)cc1. The molecular formula is C21H22ClNO2. The van der Waals surface area contributed by atoms with Crippen molar-refractivity contribution in [2.24, 2.45) is 0 Å². The monoisotopic (exact) mass is 355 g/mol. The number of piperidine rings is 1. The smallest absolute Gasteiger partial charge is 0.223 e. The van der Waals surface area contributed by atoms with Crippen LogP contribution in [0.2, 0.25) is 5.02 Å². The molecule has 1 heterocycles. The van der Waals surface area contributed by atoms with Crippen molar-refractivity contribution in [1.29, 1.82) is 0 Å². The number of likely N-dealkylation sites (tertiary alicyclic amines) is 1. The van der Waals surface area contributed by atoms with Crippen LogP contribution < -0.4 is 0 Å². The maximum Gasteiger partial charge on any atom is 0.223 e. The van der Waals surface area contributed by atoms with Gasteiger partial charge in [0.25, 0.3) is 0 Å². The molecule has 0 bridgehead atoms. The van der Waals surface area contributed by atoms with E-state index in [2.05, 4.69) is 24.3 Å². The van der Waals surface area contributed by atoms with Gasteiger partial charge in [-0.25, -0.2) is 0 Å². The van der Waals surface area contributed by atoms with Gasteiger partial charge in [-0.3, -0.25) is 9.59 Å². The molecule has 130 valence electrons. The van der Waals surface area contributed by atoms with Crippen molar-refractivity contribution in [3.8, 4) is 0 Å². The Hall–Kier alpha value is -2.13. The van der Waals surface area contributed by atoms with Crippen LogP contribution >= 0.6 is 11.6 Å². The molecule has 25 heavy (non-hydrogen) atoms. The van der Waals surface area contributed by atoms with Gasteiger partial charge in [0.1, 0.15) is 0 Å². The van der Waals surface area contributed by atoms with Gasteiger partial charge < -0.3 is 4.90 Å². The number of nitrogens with zero attached hydrogens (tertiary/aromatic N) is 1. The van der Waals surface area contributed by atoms with E-state index in [1.807, 2.05) is 11.0 Å². The summed E-state index contributed by atoms with van der Waals surface area (Å²) in [5.74, 6) is 0.596. The van der Waals surface area contributed by atoms with Crippen LogP contribution in [-0.4, -0.2) is 29.7 Å². The molecule has 1 aliphatic heterocycles. The van der Waals surface area contributed by atoms with Crippen molar-refractivity contribution < 1.29 is 9.59 Å². The molecule has 0 aliphatic carbocycles. The third-order valence-electron chi connectivity index (χ3n) is 4.85. The molecule has 0 spiro atoms. The number of hydrogen-bond acceptors (Lipinski definition) is 2. The number of carbonyl (C=O) groups excluding carboxylic acids is 2. The van der Waals surface area contributed by atoms with Crippen LogP contribution in [0, 0.1) is 0 Å². The molecule has 1 fully saturated rings. The summed E-state index contributed by atoms with van der Waals surface area (Å²) in [7, 11) is 0. The standard InChI is InChI=1S/C21H22ClNO2/c22-19-8-6-18(7-9-19)20(24)10-11-21(25)23-14-12-17(13-15-23)16-4-2-1-3-5-16/h1-9,17H,10-15H2. The van der Waals surface area contributed by atoms with Crippen molar-refractivity contribution in [3.05, 3.63) is 70.7 Å². The average molecular weight is 356 g/mol. The minimum absolute atomic E-state index is 0.0100. The lowest BCUT2D eigenvalue weighted by Gasteiger charge is -2.32. The molecular weight excluding hydrogens is 334 g/mol. The summed E-state index contributed by atoms with van der Waals surface area (Å²) >= 11 is 5.83. The zero-order valence-corrected chi connectivity index (χ0v) is 14.9. The van der Waals surface area contributed by atoms with Crippen LogP contribution in [0.15, 0.2) is 54.6 Å². The average Bonchev–Trinajstić information content (AvgIpc) is 2.67. The van der Waals surface area contributed by atoms with Crippen LogP contribution in [-0.2, 0) is 4.79 Å². The fraction of sp³-hybridized carbons (Fsp3) is 0.333. The van der Waals surface area contributed by atoms with Gasteiger partial charge in [0.15, 0.2) is 5.78 Å². The third-order valence-corrected chi connectivity index (χ3v) is 5.10. The largest absolute Gasteiger partial charge is 0.343 e. The summed E-state index contributed by atoms with van der Waals surface area (Å²) in [5, 5.41) is 0.605. The molecule has 1 amide bonds. The third kappa shape index (κ3) is 4.70. The Kier molecular flexibility index (Phi) is 5.87. The molecule has 3 nitrogen and oxygen atoms in total. The van der Waals surface area contributed by atoms with E-state index < -0.39 is 0 Å². The highest BCUT2D eigenvalue weighted by molar-refractivity contribution is 6.30. The van der Waals surface area contributed by atoms with E-state index >= 15 is 0 Å². The predicted octanol–water partition coefficient (Wildman–Crippen LogP) is 4.71. The summed E-state index contributed by atoms with van der Waals surface area (Å²) in [5.41, 5.74) is 1.97. The number of rotatable bonds is 5. The van der Waals surface area contributed by atoms with Crippen LogP contribution in [0.1, 0.15) is 47.5 Å². The Labute approximate surface area is 153 Å². The van der Waals surface area contributed by atoms with Gasteiger partial charge >= 0.3 is 0 Å². The van der Waals surface area contributed by atoms with Crippen molar-refractivity contribution in [1.82, 2.24) is 4.90 Å². The molecule has 0 radical (unpaired) electrons. The highest BCUT2D eigenvalue weighted by Gasteiger charge is 2.24. The van der Waals surface area contributed by atoms with Crippen LogP contribution in [0.4, 0.5) is 0 Å². The molecule has 1 aliphatic rings. The molecule has 3 rings (SSSR count). The topological polar surface area (TPSA) is 37.4 Å². The van der Waals surface area contributed by atoms with Crippen molar-refractivity contribution in [2.45, 2.75) is 31.6 Å². The van der Waals surface area contributed by atoms with Crippen LogP contribution in [0.3, 0.4) is 0 Å². The molecule has 0 saturated carbocycles. The summed E-state index contributed by atoms with van der Waals surface area (Å²) in [6, 6.07) is 17.3. The molecule has 0 atom stereocenters. The number of benzene rings is 2. The molecule has 0 aromatic heterocycles. The molecule has 2 aromatic carbocycles. The Balaban J connectivity index is 1.46. The van der Waals surface area contributed by atoms with E-state index in [0.717, 1.165) is 25.9 Å². The van der Waals surface area contributed by atoms with Gasteiger partial charge in [-0.15, -0.1) is 0 Å². The second-order valence-electron chi connectivity index (χ2n) is 6.50. The fourth-order valence-corrected chi connectivity index (χ4v) is 3.47. The second-order valence-corrected chi connectivity index (χ2v) is 6.93. The lowest BCUT2D eigenvalue weighted by atomic mass is 9.89. The number of hydrogen-bond donors (Lipinski definition) is 0. The van der Waals surface area contributed by atoms with Gasteiger partial charge in [0.2, 0.25) is 5.91 Å². The maximum absolute atomic E-state index is 12.4. The molecule has 4 heteroatoms. The molecule has 0 N–H and O–H groups in total. The minimum Gasteiger partial charge on any atom is -0.343 e. The first-order chi connectivity index (χ1) is 12.1. The van der Waals surface area contributed by atoms with E-state index in [4.69, 9.17) is 11.6 Å². The number of halogens is 1. The molecule has 0 unspecified atom stereocenters. The van der Waals surface area contributed by atoms with Gasteiger partial charge in [-0.2, -0.15) is 0 Å². The summed E-state index contributed by atoms with van der Waals surface area (Å²) in [6.45, 7) is 1.54. The highest BCUT2D eigenvalue weighted by atomic mass is 35.5. The van der Waals surface area contributed by atoms with Gasteiger partial charge in [0.05, 0.1) is 0 Å². The van der Waals surface area contributed by atoms with Crippen LogP contribution in [0.25, 0.3) is 0 Å². The minimum atomic E-state index is -0.0100. The van der Waals surface area contributed by atoms with Crippen molar-refractivity contribution in [2.75, 3.05) is 13.1 Å². The zero-order valence-electron chi connectivity index (χ0n) is 14.2. The van der Waals surface area contributed by atoms with E-state index in [9.17, 15) is 9.59 Å². The normalized spacial score (nSPS) is 15.2. The number of carbonyl (C=O) groups is 2. The highest BCUT2D eigenvalue weighted by Crippen LogP contribution is 2.28. The van der Waals surface area contributed by atoms with Gasteiger partial charge in [-0.05, 0) is 48.6 Å². The Morgan fingerprint density at radius 3 is 2.20 bits per heavy atom. The predicted molar refractivity (Wildman–Crippen MR) is 100 cm³/mol. The molecule has 2 aromatic rings. The first-order valence-electron chi connectivity index (χ1n) is 8.75. The number of Topliss-reactive ketones (excluding diaryl/α,β-unsaturated/α-hetero) is 1. The number of ketones is 1. The lowest BCUT2D eigenvalue weighted by molar-refractivity contribution is -0.132. The first-order valence-corrected chi connectivity index (χ1v) is 9.13. The van der Waals surface area contributed by atoms with E-state index in [-0.39, 0.29) is 24.5 Å². The Morgan fingerprint density at radius 1 is 0.920 bits per heavy atom. The Bertz CT molecular complexity index is 719. The van der Waals surface area contributed by atoms with E-state index in [1.165, 1.54) is 5.56 Å². The molecule has 1 saturated heterocycles. The summed E-state index contributed by atoms with van der Waals surface area (Å²) in [4.78, 5) is 26.4. The summed E-state index contributed by atoms with van der Waals surface area (Å²) in [6.07, 6.45) is 2.50. The first kappa shape index (κ1) is 17.7.